The first-order chi connectivity index (χ1) is 12.3. The molecular weight excluding hydrogens is 318 g/mol. The summed E-state index contributed by atoms with van der Waals surface area (Å²) < 4.78 is 16.1. The van der Waals surface area contributed by atoms with Gasteiger partial charge in [0, 0.05) is 5.56 Å². The Bertz CT molecular complexity index is 817. The van der Waals surface area contributed by atoms with Crippen LogP contribution in [0.15, 0.2) is 52.9 Å². The van der Waals surface area contributed by atoms with E-state index in [1.807, 2.05) is 42.5 Å². The van der Waals surface area contributed by atoms with Crippen LogP contribution >= 0.6 is 0 Å². The molecule has 0 aliphatic carbocycles. The second kappa shape index (κ2) is 8.30. The second-order valence-corrected chi connectivity index (χ2v) is 5.51. The van der Waals surface area contributed by atoms with Gasteiger partial charge in [0.15, 0.2) is 0 Å². The standard InChI is InChI=1S/C19H21N3O3/c1-23-16-7-3-5-14(11-16)9-10-20-13-18-21-22-19(25-18)15-6-4-8-17(12-15)24-2/h3-8,11-12,20H,9-10,13H2,1-2H3. The summed E-state index contributed by atoms with van der Waals surface area (Å²) in [5.41, 5.74) is 2.06. The molecule has 3 aromatic rings. The van der Waals surface area contributed by atoms with Crippen molar-refractivity contribution in [1.29, 1.82) is 0 Å². The average Bonchev–Trinajstić information content (AvgIpc) is 3.14. The molecule has 0 atom stereocenters. The third-order valence-electron chi connectivity index (χ3n) is 3.78. The lowest BCUT2D eigenvalue weighted by atomic mass is 10.1. The van der Waals surface area contributed by atoms with Crippen molar-refractivity contribution in [1.82, 2.24) is 15.5 Å². The fourth-order valence-electron chi connectivity index (χ4n) is 2.45. The Hall–Kier alpha value is -2.86. The fraction of sp³-hybridized carbons (Fsp3) is 0.263. The van der Waals surface area contributed by atoms with Gasteiger partial charge in [0.2, 0.25) is 11.8 Å². The third-order valence-corrected chi connectivity index (χ3v) is 3.78. The number of rotatable bonds is 8. The summed E-state index contributed by atoms with van der Waals surface area (Å²) in [6, 6.07) is 15.6. The number of ether oxygens (including phenoxy) is 2. The van der Waals surface area contributed by atoms with Crippen LogP contribution in [0.3, 0.4) is 0 Å². The van der Waals surface area contributed by atoms with E-state index >= 15 is 0 Å². The molecule has 1 aromatic heterocycles. The van der Waals surface area contributed by atoms with Crippen LogP contribution in [0.25, 0.3) is 11.5 Å². The SMILES string of the molecule is COc1cccc(CCNCc2nnc(-c3cccc(OC)c3)o2)c1. The van der Waals surface area contributed by atoms with Crippen molar-refractivity contribution in [2.75, 3.05) is 20.8 Å². The van der Waals surface area contributed by atoms with Crippen molar-refractivity contribution in [2.24, 2.45) is 0 Å². The topological polar surface area (TPSA) is 69.4 Å². The van der Waals surface area contributed by atoms with Gasteiger partial charge in [-0.25, -0.2) is 0 Å². The number of benzene rings is 2. The Balaban J connectivity index is 1.51. The van der Waals surface area contributed by atoms with E-state index in [2.05, 4.69) is 21.6 Å². The monoisotopic (exact) mass is 339 g/mol. The quantitative estimate of drug-likeness (QED) is 0.636. The van der Waals surface area contributed by atoms with Gasteiger partial charge >= 0.3 is 0 Å². The molecule has 2 aromatic carbocycles. The lowest BCUT2D eigenvalue weighted by molar-refractivity contribution is 0.414. The van der Waals surface area contributed by atoms with Gasteiger partial charge in [-0.05, 0) is 48.9 Å². The summed E-state index contributed by atoms with van der Waals surface area (Å²) in [7, 11) is 3.30. The summed E-state index contributed by atoms with van der Waals surface area (Å²) in [6.07, 6.45) is 0.897. The molecule has 1 heterocycles. The van der Waals surface area contributed by atoms with Crippen LogP contribution in [-0.4, -0.2) is 31.0 Å². The number of nitrogens with one attached hydrogen (secondary N) is 1. The van der Waals surface area contributed by atoms with Gasteiger partial charge in [-0.15, -0.1) is 10.2 Å². The van der Waals surface area contributed by atoms with E-state index in [0.29, 0.717) is 18.3 Å². The van der Waals surface area contributed by atoms with Crippen molar-refractivity contribution in [2.45, 2.75) is 13.0 Å². The lowest BCUT2D eigenvalue weighted by Crippen LogP contribution is -2.16. The predicted octanol–water partition coefficient (Wildman–Crippen LogP) is 3.09. The Morgan fingerprint density at radius 1 is 0.960 bits per heavy atom. The summed E-state index contributed by atoms with van der Waals surface area (Å²) in [5, 5.41) is 11.5. The number of methoxy groups -OCH3 is 2. The zero-order chi connectivity index (χ0) is 17.5. The molecule has 0 bridgehead atoms. The molecule has 0 amide bonds. The van der Waals surface area contributed by atoms with Crippen LogP contribution in [0.2, 0.25) is 0 Å². The molecule has 6 heteroatoms. The maximum absolute atomic E-state index is 5.70. The first kappa shape index (κ1) is 17.0. The van der Waals surface area contributed by atoms with Gasteiger partial charge in [-0.1, -0.05) is 18.2 Å². The molecule has 0 aliphatic heterocycles. The van der Waals surface area contributed by atoms with E-state index in [0.717, 1.165) is 30.0 Å². The van der Waals surface area contributed by atoms with E-state index in [1.54, 1.807) is 14.2 Å². The van der Waals surface area contributed by atoms with Gasteiger partial charge in [0.05, 0.1) is 20.8 Å². The highest BCUT2D eigenvalue weighted by Crippen LogP contribution is 2.22. The molecule has 0 fully saturated rings. The minimum Gasteiger partial charge on any atom is -0.497 e. The Labute approximate surface area is 146 Å². The first-order valence-corrected chi connectivity index (χ1v) is 8.09. The van der Waals surface area contributed by atoms with Crippen molar-refractivity contribution in [3.05, 3.63) is 60.0 Å². The molecule has 6 nitrogen and oxygen atoms in total. The van der Waals surface area contributed by atoms with Crippen molar-refractivity contribution in [3.63, 3.8) is 0 Å². The van der Waals surface area contributed by atoms with E-state index < -0.39 is 0 Å². The minimum absolute atomic E-state index is 0.489. The summed E-state index contributed by atoms with van der Waals surface area (Å²) in [4.78, 5) is 0. The summed E-state index contributed by atoms with van der Waals surface area (Å²) in [6.45, 7) is 1.34. The normalized spacial score (nSPS) is 10.6. The molecule has 130 valence electrons. The minimum atomic E-state index is 0.489. The molecule has 0 saturated carbocycles. The Morgan fingerprint density at radius 3 is 2.52 bits per heavy atom. The molecule has 0 saturated heterocycles. The number of hydrogen-bond donors (Lipinski definition) is 1. The van der Waals surface area contributed by atoms with Crippen molar-refractivity contribution in [3.8, 4) is 23.0 Å². The molecule has 25 heavy (non-hydrogen) atoms. The number of nitrogens with zero attached hydrogens (tertiary/aromatic N) is 2. The Kier molecular flexibility index (Phi) is 5.64. The molecule has 0 radical (unpaired) electrons. The molecule has 0 aliphatic rings. The van der Waals surface area contributed by atoms with Crippen molar-refractivity contribution >= 4 is 0 Å². The van der Waals surface area contributed by atoms with Crippen LogP contribution < -0.4 is 14.8 Å². The van der Waals surface area contributed by atoms with Crippen LogP contribution in [0.5, 0.6) is 11.5 Å². The maximum Gasteiger partial charge on any atom is 0.247 e. The molecule has 0 spiro atoms. The Morgan fingerprint density at radius 2 is 1.72 bits per heavy atom. The zero-order valence-corrected chi connectivity index (χ0v) is 14.4. The highest BCUT2D eigenvalue weighted by molar-refractivity contribution is 5.55. The maximum atomic E-state index is 5.70. The number of hydrogen-bond acceptors (Lipinski definition) is 6. The van der Waals surface area contributed by atoms with Crippen LogP contribution in [0.1, 0.15) is 11.5 Å². The first-order valence-electron chi connectivity index (χ1n) is 8.09. The smallest absolute Gasteiger partial charge is 0.247 e. The van der Waals surface area contributed by atoms with Crippen LogP contribution in [0.4, 0.5) is 0 Å². The average molecular weight is 339 g/mol. The molecular formula is C19H21N3O3. The molecule has 0 unspecified atom stereocenters. The summed E-state index contributed by atoms with van der Waals surface area (Å²) >= 11 is 0. The van der Waals surface area contributed by atoms with E-state index in [1.165, 1.54) is 5.56 Å². The van der Waals surface area contributed by atoms with Gasteiger partial charge in [-0.3, -0.25) is 0 Å². The highest BCUT2D eigenvalue weighted by Gasteiger charge is 2.09. The second-order valence-electron chi connectivity index (χ2n) is 5.51. The number of aromatic nitrogens is 2. The largest absolute Gasteiger partial charge is 0.497 e. The van der Waals surface area contributed by atoms with Gasteiger partial charge in [-0.2, -0.15) is 0 Å². The van der Waals surface area contributed by atoms with Crippen LogP contribution in [-0.2, 0) is 13.0 Å². The third kappa shape index (κ3) is 4.58. The zero-order valence-electron chi connectivity index (χ0n) is 14.4. The van der Waals surface area contributed by atoms with Gasteiger partial charge in [0.25, 0.3) is 0 Å². The van der Waals surface area contributed by atoms with Gasteiger partial charge < -0.3 is 19.2 Å². The predicted molar refractivity (Wildman–Crippen MR) is 94.7 cm³/mol. The lowest BCUT2D eigenvalue weighted by Gasteiger charge is -2.05. The fourth-order valence-corrected chi connectivity index (χ4v) is 2.45. The van der Waals surface area contributed by atoms with E-state index in [9.17, 15) is 0 Å². The van der Waals surface area contributed by atoms with E-state index in [4.69, 9.17) is 13.9 Å². The van der Waals surface area contributed by atoms with Crippen molar-refractivity contribution < 1.29 is 13.9 Å². The van der Waals surface area contributed by atoms with Gasteiger partial charge in [0.1, 0.15) is 11.5 Å². The molecule has 1 N–H and O–H groups in total. The highest BCUT2D eigenvalue weighted by atomic mass is 16.5. The van der Waals surface area contributed by atoms with Crippen LogP contribution in [0, 0.1) is 0 Å². The van der Waals surface area contributed by atoms with E-state index in [-0.39, 0.29) is 0 Å². The molecule has 3 rings (SSSR count). The summed E-state index contributed by atoms with van der Waals surface area (Å²) in [5.74, 6) is 2.68.